The van der Waals surface area contributed by atoms with Crippen molar-refractivity contribution in [3.8, 4) is 0 Å². The zero-order valence-corrected chi connectivity index (χ0v) is 75.0. The molecule has 0 N–H and O–H groups in total. The lowest BCUT2D eigenvalue weighted by atomic mass is 9.98. The van der Waals surface area contributed by atoms with Gasteiger partial charge in [0.15, 0.2) is 0 Å². The van der Waals surface area contributed by atoms with E-state index in [1.54, 1.807) is 0 Å². The van der Waals surface area contributed by atoms with Gasteiger partial charge in [-0.2, -0.15) is 0 Å². The third-order valence-corrected chi connectivity index (χ3v) is 23.9. The molecule has 0 unspecified atom stereocenters. The summed E-state index contributed by atoms with van der Waals surface area (Å²) in [5.41, 5.74) is 49.2. The number of nitrogens with zero attached hydrogens (tertiary/aromatic N) is 7. The second kappa shape index (κ2) is 35.1. The van der Waals surface area contributed by atoms with Crippen molar-refractivity contribution in [2.75, 3.05) is 34.3 Å². The fraction of sp³-hybridized carbons (Fsp3) is 0.211. The Labute approximate surface area is 721 Å². The highest BCUT2D eigenvalue weighted by Gasteiger charge is 2.28. The number of unbranched alkanes of at least 4 members (excludes halogenated alkanes) is 1. The Morgan fingerprint density at radius 1 is 0.149 bits per heavy atom. The normalized spacial score (nSPS) is 11.3. The summed E-state index contributed by atoms with van der Waals surface area (Å²) in [5.74, 6) is 0. The van der Waals surface area contributed by atoms with E-state index in [1.165, 1.54) is 151 Å². The van der Waals surface area contributed by atoms with E-state index in [1.807, 2.05) is 0 Å². The monoisotopic (exact) mass is 1580 g/mol. The maximum Gasteiger partial charge on any atom is 0.0520 e. The van der Waals surface area contributed by atoms with Crippen molar-refractivity contribution in [1.29, 1.82) is 0 Å². The first-order valence-corrected chi connectivity index (χ1v) is 43.1. The predicted octanol–water partition coefficient (Wildman–Crippen LogP) is 33.5. The number of aryl methyl sites for hydroxylation is 21. The van der Waals surface area contributed by atoms with Crippen LogP contribution in [0.2, 0.25) is 0 Å². The van der Waals surface area contributed by atoms with E-state index in [0.29, 0.717) is 0 Å². The van der Waals surface area contributed by atoms with E-state index in [4.69, 9.17) is 0 Å². The number of anilines is 21. The summed E-state index contributed by atoms with van der Waals surface area (Å²) >= 11 is 0. The summed E-state index contributed by atoms with van der Waals surface area (Å²) in [7, 11) is 0. The molecule has 0 fully saturated rings. The van der Waals surface area contributed by atoms with Crippen LogP contribution in [0.5, 0.6) is 0 Å². The SMILES string of the molecule is CCCCc1ccc(N(c2ccc(C)cc2)c2ccc(N(c3ccc(N(c4ccc(C)cc4)c4ccc(N(c5c(C)cc(C)cc5C)c5c(C)cc(C)cc5C)cc4)cc3)c3ccc(N(c4ccc(N(c5c(C)cc(C)cc5C)c5c(C)cc(C)cc5C)cc4)c4ccc(N(c5c(C)cc(C)cc5C)c5c(C)cc(C)cc5C)cc4)cc3)cc2)cc1. The summed E-state index contributed by atoms with van der Waals surface area (Å²) in [6, 6.07) is 110. The van der Waals surface area contributed by atoms with Crippen molar-refractivity contribution >= 4 is 119 Å². The quantitative estimate of drug-likeness (QED) is 0.0594. The molecule has 0 amide bonds. The lowest BCUT2D eigenvalue weighted by Crippen LogP contribution is -2.17. The van der Waals surface area contributed by atoms with Gasteiger partial charge in [-0.15, -0.1) is 0 Å². The molecule has 0 spiro atoms. The van der Waals surface area contributed by atoms with Crippen LogP contribution in [0.15, 0.2) is 291 Å². The molecule has 15 aromatic carbocycles. The summed E-state index contributed by atoms with van der Waals surface area (Å²) in [6.45, 7) is 46.8. The van der Waals surface area contributed by atoms with E-state index in [2.05, 4.69) is 471 Å². The highest BCUT2D eigenvalue weighted by atomic mass is 15.2. The Morgan fingerprint density at radius 2 is 0.273 bits per heavy atom. The van der Waals surface area contributed by atoms with Gasteiger partial charge in [-0.3, -0.25) is 0 Å². The van der Waals surface area contributed by atoms with E-state index < -0.39 is 0 Å². The topological polar surface area (TPSA) is 22.7 Å². The molecule has 0 radical (unpaired) electrons. The first kappa shape index (κ1) is 83.0. The van der Waals surface area contributed by atoms with Crippen LogP contribution in [-0.4, -0.2) is 0 Å². The fourth-order valence-electron chi connectivity index (χ4n) is 19.1. The van der Waals surface area contributed by atoms with Crippen LogP contribution in [0, 0.1) is 138 Å². The van der Waals surface area contributed by atoms with Gasteiger partial charge in [-0.25, -0.2) is 0 Å². The van der Waals surface area contributed by atoms with Crippen LogP contribution in [0.4, 0.5) is 119 Å². The lowest BCUT2D eigenvalue weighted by molar-refractivity contribution is 0.795. The molecule has 15 aromatic rings. The predicted molar refractivity (Wildman–Crippen MR) is 523 cm³/mol. The van der Waals surface area contributed by atoms with E-state index in [0.717, 1.165) is 105 Å². The van der Waals surface area contributed by atoms with Crippen molar-refractivity contribution < 1.29 is 0 Å². The molecule has 0 bridgehead atoms. The molecular weight excluding hydrogens is 1470 g/mol. The van der Waals surface area contributed by atoms with Gasteiger partial charge in [0.25, 0.3) is 0 Å². The second-order valence-electron chi connectivity index (χ2n) is 34.4. The Morgan fingerprint density at radius 3 is 0.413 bits per heavy atom. The molecule has 7 nitrogen and oxygen atoms in total. The molecule has 0 aliphatic carbocycles. The largest absolute Gasteiger partial charge is 0.311 e. The average Bonchev–Trinajstić information content (AvgIpc) is 0.767. The van der Waals surface area contributed by atoms with Crippen LogP contribution >= 0.6 is 0 Å². The minimum absolute atomic E-state index is 1.01. The molecule has 7 heteroatoms. The van der Waals surface area contributed by atoms with Crippen molar-refractivity contribution in [3.63, 3.8) is 0 Å². The lowest BCUT2D eigenvalue weighted by Gasteiger charge is -2.33. The number of benzene rings is 15. The smallest absolute Gasteiger partial charge is 0.0520 e. The first-order chi connectivity index (χ1) is 58.2. The van der Waals surface area contributed by atoms with Crippen LogP contribution in [0.1, 0.15) is 137 Å². The van der Waals surface area contributed by atoms with E-state index >= 15 is 0 Å². The molecule has 0 aliphatic rings. The molecule has 608 valence electrons. The number of rotatable bonds is 24. The van der Waals surface area contributed by atoms with Gasteiger partial charge >= 0.3 is 0 Å². The van der Waals surface area contributed by atoms with Crippen LogP contribution in [0.25, 0.3) is 0 Å². The Kier molecular flexibility index (Phi) is 24.0. The molecular formula is C114H117N7. The maximum absolute atomic E-state index is 2.50. The molecule has 0 atom stereocenters. The van der Waals surface area contributed by atoms with Gasteiger partial charge in [0.1, 0.15) is 0 Å². The zero-order valence-electron chi connectivity index (χ0n) is 75.0. The van der Waals surface area contributed by atoms with Gasteiger partial charge < -0.3 is 34.3 Å². The third kappa shape index (κ3) is 17.3. The van der Waals surface area contributed by atoms with Crippen molar-refractivity contribution in [1.82, 2.24) is 0 Å². The standard InChI is InChI=1S/C114H117N7/c1-22-23-24-93-29-35-96(36-30-93)115(94-31-25-73(2)26-32-94)97-37-41-99(42-38-97)117(100-43-39-98(40-44-100)116(95-33-27-74(3)28-34-95)103-49-55-106(56-50-103)119(109-81(10)61-75(4)62-82(109)11)110-83(12)63-76(5)64-84(110)13)101-45-47-102(48-46-101)118(104-51-57-107(58-52-104)120(111-85(14)65-77(6)66-86(111)15)112-87(16)67-78(7)68-88(112)17)105-53-59-108(60-54-105)121(113-89(18)69-79(8)70-90(113)19)114-91(20)71-80(9)72-92(114)21/h25-72H,22-24H2,1-21H3. The van der Waals surface area contributed by atoms with Gasteiger partial charge in [-0.05, 0) is 406 Å². The van der Waals surface area contributed by atoms with Gasteiger partial charge in [-0.1, -0.05) is 167 Å². The summed E-state index contributed by atoms with van der Waals surface area (Å²) in [5, 5.41) is 0. The Balaban J connectivity index is 0.876. The summed E-state index contributed by atoms with van der Waals surface area (Å²) < 4.78 is 0. The second-order valence-corrected chi connectivity index (χ2v) is 34.4. The highest BCUT2D eigenvalue weighted by molar-refractivity contribution is 5.92. The number of hydrogen-bond acceptors (Lipinski definition) is 7. The maximum atomic E-state index is 2.50. The average molecular weight is 1590 g/mol. The molecule has 0 aliphatic heterocycles. The third-order valence-electron chi connectivity index (χ3n) is 23.9. The minimum Gasteiger partial charge on any atom is -0.311 e. The molecule has 0 saturated heterocycles. The Hall–Kier alpha value is -13.1. The highest BCUT2D eigenvalue weighted by Crippen LogP contribution is 2.51. The van der Waals surface area contributed by atoms with E-state index in [9.17, 15) is 0 Å². The van der Waals surface area contributed by atoms with Crippen LogP contribution in [-0.2, 0) is 6.42 Å². The van der Waals surface area contributed by atoms with Crippen molar-refractivity contribution in [2.24, 2.45) is 0 Å². The van der Waals surface area contributed by atoms with Crippen molar-refractivity contribution in [2.45, 2.75) is 165 Å². The molecule has 0 aromatic heterocycles. The summed E-state index contributed by atoms with van der Waals surface area (Å²) in [6.07, 6.45) is 3.39. The zero-order chi connectivity index (χ0) is 85.4. The molecule has 121 heavy (non-hydrogen) atoms. The summed E-state index contributed by atoms with van der Waals surface area (Å²) in [4.78, 5) is 17.1. The molecule has 0 saturated carbocycles. The Bertz CT molecular complexity index is 5780. The van der Waals surface area contributed by atoms with Crippen LogP contribution < -0.4 is 34.3 Å². The van der Waals surface area contributed by atoms with Gasteiger partial charge in [0.05, 0.1) is 34.1 Å². The fourth-order valence-corrected chi connectivity index (χ4v) is 19.1. The molecule has 15 rings (SSSR count). The van der Waals surface area contributed by atoms with Gasteiger partial charge in [0.2, 0.25) is 0 Å². The molecule has 0 heterocycles. The first-order valence-electron chi connectivity index (χ1n) is 43.1. The minimum atomic E-state index is 1.01. The van der Waals surface area contributed by atoms with E-state index in [-0.39, 0.29) is 0 Å². The van der Waals surface area contributed by atoms with Crippen molar-refractivity contribution in [3.05, 3.63) is 408 Å². The number of hydrogen-bond donors (Lipinski definition) is 0. The van der Waals surface area contributed by atoms with Gasteiger partial charge in [0, 0.05) is 85.3 Å². The van der Waals surface area contributed by atoms with Crippen LogP contribution in [0.3, 0.4) is 0 Å².